The Hall–Kier alpha value is -4.70. The molecule has 0 bridgehead atoms. The van der Waals surface area contributed by atoms with Crippen molar-refractivity contribution in [2.45, 2.75) is 26.2 Å². The lowest BCUT2D eigenvalue weighted by atomic mass is 10.1. The molecule has 4 heteroatoms. The highest BCUT2D eigenvalue weighted by Gasteiger charge is 2.28. The van der Waals surface area contributed by atoms with Crippen LogP contribution >= 0.6 is 0 Å². The molecule has 2 heterocycles. The Kier molecular flexibility index (Phi) is 6.58. The lowest BCUT2D eigenvalue weighted by molar-refractivity contribution is 0.741. The van der Waals surface area contributed by atoms with Gasteiger partial charge in [0.05, 0.1) is 36.1 Å². The maximum atomic E-state index is 2.52. The van der Waals surface area contributed by atoms with Gasteiger partial charge in [0, 0.05) is 26.2 Å². The van der Waals surface area contributed by atoms with Crippen molar-refractivity contribution in [1.82, 2.24) is 0 Å². The van der Waals surface area contributed by atoms with Gasteiger partial charge in [-0.1, -0.05) is 109 Å². The Morgan fingerprint density at radius 1 is 0.325 bits per heavy atom. The molecule has 0 N–H and O–H groups in total. The number of rotatable bonds is 8. The normalized spacial score (nSPS) is 14.0. The van der Waals surface area contributed by atoms with Crippen LogP contribution in [0.3, 0.4) is 0 Å². The van der Waals surface area contributed by atoms with Gasteiger partial charge >= 0.3 is 0 Å². The van der Waals surface area contributed by atoms with Crippen LogP contribution in [-0.4, -0.2) is 13.3 Å². The number of hydrogen-bond acceptors (Lipinski definition) is 4. The summed E-state index contributed by atoms with van der Waals surface area (Å²) in [5, 5.41) is 0. The van der Waals surface area contributed by atoms with Crippen LogP contribution < -0.4 is 19.6 Å². The van der Waals surface area contributed by atoms with E-state index in [9.17, 15) is 0 Å². The molecule has 2 aliphatic rings. The molecule has 0 atom stereocenters. The molecule has 0 aromatic heterocycles. The van der Waals surface area contributed by atoms with Crippen LogP contribution in [0.15, 0.2) is 133 Å². The minimum Gasteiger partial charge on any atom is -0.348 e. The standard InChI is InChI=1S/C36H34N4/c1-3-13-29(14-4-1)23-37-27-39(35-21-11-9-19-33(35)37)25-31-17-7-8-18-32(31)26-40-28-38(24-30-15-5-2-6-16-30)34-20-10-12-22-36(34)40/h1-22H,23-28H2/i27+1,28+1. The number of anilines is 4. The molecule has 40 heavy (non-hydrogen) atoms. The maximum absolute atomic E-state index is 2.52. The summed E-state index contributed by atoms with van der Waals surface area (Å²) in [5.74, 6) is 0. The van der Waals surface area contributed by atoms with Crippen LogP contribution in [0.5, 0.6) is 0 Å². The van der Waals surface area contributed by atoms with E-state index < -0.39 is 0 Å². The Bertz CT molecular complexity index is 1460. The zero-order valence-corrected chi connectivity index (χ0v) is 22.7. The third-order valence-corrected chi connectivity index (χ3v) is 8.08. The third kappa shape index (κ3) is 4.89. The second-order valence-electron chi connectivity index (χ2n) is 10.8. The Labute approximate surface area is 237 Å². The van der Waals surface area contributed by atoms with Crippen LogP contribution in [0, 0.1) is 0 Å². The van der Waals surface area contributed by atoms with E-state index in [1.54, 1.807) is 0 Å². The number of hydrogen-bond donors (Lipinski definition) is 0. The first-order valence-corrected chi connectivity index (χ1v) is 14.1. The first kappa shape index (κ1) is 24.3. The van der Waals surface area contributed by atoms with Gasteiger partial charge in [0.1, 0.15) is 0 Å². The predicted octanol–water partition coefficient (Wildman–Crippen LogP) is 7.66. The van der Waals surface area contributed by atoms with Crippen molar-refractivity contribution in [3.8, 4) is 0 Å². The molecule has 0 fully saturated rings. The van der Waals surface area contributed by atoms with E-state index in [1.165, 1.54) is 45.0 Å². The first-order chi connectivity index (χ1) is 19.8. The Morgan fingerprint density at radius 3 is 1.00 bits per heavy atom. The fraction of sp³-hybridized carbons (Fsp3) is 0.167. The van der Waals surface area contributed by atoms with Crippen molar-refractivity contribution in [3.63, 3.8) is 0 Å². The summed E-state index contributed by atoms with van der Waals surface area (Å²) in [6.45, 7) is 5.39. The van der Waals surface area contributed by atoms with E-state index in [1.807, 2.05) is 0 Å². The van der Waals surface area contributed by atoms with Crippen molar-refractivity contribution >= 4 is 22.7 Å². The van der Waals surface area contributed by atoms with Gasteiger partial charge in [-0.2, -0.15) is 0 Å². The smallest absolute Gasteiger partial charge is 0.0911 e. The van der Waals surface area contributed by atoms with Crippen LogP contribution in [0.4, 0.5) is 22.7 Å². The highest BCUT2D eigenvalue weighted by molar-refractivity contribution is 5.77. The van der Waals surface area contributed by atoms with E-state index in [4.69, 9.17) is 0 Å². The Balaban J connectivity index is 1.11. The number of nitrogens with zero attached hydrogens (tertiary/aromatic N) is 4. The molecule has 198 valence electrons. The van der Waals surface area contributed by atoms with Crippen molar-refractivity contribution in [2.24, 2.45) is 0 Å². The van der Waals surface area contributed by atoms with Gasteiger partial charge in [-0.3, -0.25) is 0 Å². The zero-order chi connectivity index (χ0) is 26.7. The molecule has 5 aromatic carbocycles. The molecule has 0 spiro atoms. The summed E-state index contributed by atoms with van der Waals surface area (Å²) < 4.78 is 0. The van der Waals surface area contributed by atoms with Crippen LogP contribution in [0.2, 0.25) is 0 Å². The lowest BCUT2D eigenvalue weighted by Crippen LogP contribution is -2.32. The molecule has 7 rings (SSSR count). The Morgan fingerprint density at radius 2 is 0.625 bits per heavy atom. The van der Waals surface area contributed by atoms with Crippen LogP contribution in [0.25, 0.3) is 0 Å². The minimum absolute atomic E-state index is 0.889. The van der Waals surface area contributed by atoms with E-state index >= 15 is 0 Å². The van der Waals surface area contributed by atoms with Crippen LogP contribution in [-0.2, 0) is 26.2 Å². The first-order valence-electron chi connectivity index (χ1n) is 14.1. The molecule has 0 amide bonds. The summed E-state index contributed by atoms with van der Waals surface area (Å²) >= 11 is 0. The molecular weight excluding hydrogens is 490 g/mol. The van der Waals surface area contributed by atoms with Crippen molar-refractivity contribution in [1.29, 1.82) is 0 Å². The van der Waals surface area contributed by atoms with Gasteiger partial charge in [-0.05, 0) is 46.5 Å². The summed E-state index contributed by atoms with van der Waals surface area (Å²) in [5.41, 5.74) is 10.7. The summed E-state index contributed by atoms with van der Waals surface area (Å²) in [4.78, 5) is 10.0. The highest BCUT2D eigenvalue weighted by Crippen LogP contribution is 2.39. The topological polar surface area (TPSA) is 13.0 Å². The van der Waals surface area contributed by atoms with E-state index in [-0.39, 0.29) is 0 Å². The quantitative estimate of drug-likeness (QED) is 0.193. The van der Waals surface area contributed by atoms with Gasteiger partial charge in [-0.15, -0.1) is 0 Å². The summed E-state index contributed by atoms with van der Waals surface area (Å²) in [6, 6.07) is 48.2. The lowest BCUT2D eigenvalue weighted by Gasteiger charge is -2.25. The SMILES string of the molecule is c1ccc(CN2[13CH2]N(Cc3ccccc3CN3[13CH2]N(Cc4ccccc4)c4ccccc43)c3ccccc32)cc1. The van der Waals surface area contributed by atoms with Gasteiger partial charge in [0.25, 0.3) is 0 Å². The van der Waals surface area contributed by atoms with Crippen molar-refractivity contribution in [2.75, 3.05) is 32.9 Å². The van der Waals surface area contributed by atoms with Crippen molar-refractivity contribution < 1.29 is 0 Å². The molecular formula is C36H34N4. The molecule has 0 radical (unpaired) electrons. The van der Waals surface area contributed by atoms with Gasteiger partial charge in [0.2, 0.25) is 0 Å². The van der Waals surface area contributed by atoms with Gasteiger partial charge < -0.3 is 19.6 Å². The van der Waals surface area contributed by atoms with E-state index in [2.05, 4.69) is 153 Å². The average Bonchev–Trinajstić information content (AvgIpc) is 3.53. The van der Waals surface area contributed by atoms with E-state index in [0.717, 1.165) is 39.5 Å². The maximum Gasteiger partial charge on any atom is 0.0911 e. The van der Waals surface area contributed by atoms with Gasteiger partial charge in [-0.25, -0.2) is 0 Å². The number of fused-ring (bicyclic) bond motifs is 2. The molecule has 0 aliphatic carbocycles. The van der Waals surface area contributed by atoms with Gasteiger partial charge in [0.15, 0.2) is 0 Å². The third-order valence-electron chi connectivity index (χ3n) is 8.08. The molecule has 0 saturated heterocycles. The second kappa shape index (κ2) is 10.8. The predicted molar refractivity (Wildman–Crippen MR) is 167 cm³/mol. The minimum atomic E-state index is 0.889. The van der Waals surface area contributed by atoms with E-state index in [0.29, 0.717) is 0 Å². The second-order valence-corrected chi connectivity index (χ2v) is 10.8. The number of benzene rings is 5. The molecule has 0 unspecified atom stereocenters. The van der Waals surface area contributed by atoms with Crippen molar-refractivity contribution in [3.05, 3.63) is 156 Å². The fourth-order valence-corrected chi connectivity index (χ4v) is 6.14. The fourth-order valence-electron chi connectivity index (χ4n) is 6.14. The molecule has 2 aliphatic heterocycles. The average molecular weight is 525 g/mol. The zero-order valence-electron chi connectivity index (χ0n) is 22.7. The molecule has 5 aromatic rings. The summed E-state index contributed by atoms with van der Waals surface area (Å²) in [6.07, 6.45) is 0. The largest absolute Gasteiger partial charge is 0.348 e. The summed E-state index contributed by atoms with van der Waals surface area (Å²) in [7, 11) is 0. The monoisotopic (exact) mass is 524 g/mol. The number of para-hydroxylation sites is 4. The van der Waals surface area contributed by atoms with Crippen LogP contribution in [0.1, 0.15) is 22.3 Å². The molecule has 0 saturated carbocycles. The molecule has 4 nitrogen and oxygen atoms in total. The highest BCUT2D eigenvalue weighted by atomic mass is 15.5.